The first-order valence-electron chi connectivity index (χ1n) is 13.0. The van der Waals surface area contributed by atoms with Gasteiger partial charge in [-0.3, -0.25) is 4.79 Å². The molecule has 1 aliphatic heterocycles. The number of halogens is 1. The standard InChI is InChI=1S/C28H31ClN6O/c1-18-12-13-24-22(16-18)26-32-31-25(20-8-4-3-5-9-20)35(26)28(30-24)33-14-15-34(19(2)17-33)27(36)21-10-6-7-11-23(21)29/h6-7,10-13,16,19-20H,3-5,8-9,14-15,17H2,1-2H3/t19-/m1/s1. The van der Waals surface area contributed by atoms with Crippen molar-refractivity contribution in [3.8, 4) is 0 Å². The Morgan fingerprint density at radius 1 is 1.03 bits per heavy atom. The van der Waals surface area contributed by atoms with Crippen molar-refractivity contribution in [3.63, 3.8) is 0 Å². The lowest BCUT2D eigenvalue weighted by Crippen LogP contribution is -2.54. The number of aryl methyl sites for hydroxylation is 1. The van der Waals surface area contributed by atoms with E-state index in [1.165, 1.54) is 24.8 Å². The van der Waals surface area contributed by atoms with Crippen molar-refractivity contribution in [1.82, 2.24) is 24.5 Å². The minimum Gasteiger partial charge on any atom is -0.338 e. The van der Waals surface area contributed by atoms with E-state index in [-0.39, 0.29) is 11.9 Å². The molecule has 2 aliphatic rings. The lowest BCUT2D eigenvalue weighted by Gasteiger charge is -2.40. The number of nitrogens with zero attached hydrogens (tertiary/aromatic N) is 6. The fourth-order valence-corrected chi connectivity index (χ4v) is 6.04. The summed E-state index contributed by atoms with van der Waals surface area (Å²) in [6.07, 6.45) is 6.04. The topological polar surface area (TPSA) is 66.6 Å². The molecule has 1 saturated carbocycles. The third-order valence-corrected chi connectivity index (χ3v) is 8.08. The Labute approximate surface area is 216 Å². The molecule has 1 aliphatic carbocycles. The Balaban J connectivity index is 1.39. The first kappa shape index (κ1) is 23.2. The SMILES string of the molecule is Cc1ccc2nc(N3CCN(C(=O)c4ccccc4Cl)[C@H](C)C3)n3c(C4CCCCC4)nnc3c2c1. The molecule has 2 aromatic carbocycles. The summed E-state index contributed by atoms with van der Waals surface area (Å²) in [5, 5.41) is 11.0. The average Bonchev–Trinajstić information content (AvgIpc) is 3.34. The molecule has 2 fully saturated rings. The summed E-state index contributed by atoms with van der Waals surface area (Å²) >= 11 is 6.34. The highest BCUT2D eigenvalue weighted by Gasteiger charge is 2.32. The molecule has 8 heteroatoms. The molecule has 0 bridgehead atoms. The molecule has 7 nitrogen and oxygen atoms in total. The number of hydrogen-bond acceptors (Lipinski definition) is 5. The van der Waals surface area contributed by atoms with Crippen LogP contribution in [0.15, 0.2) is 42.5 Å². The van der Waals surface area contributed by atoms with Crippen LogP contribution in [0.3, 0.4) is 0 Å². The van der Waals surface area contributed by atoms with Crippen LogP contribution in [0.2, 0.25) is 5.02 Å². The Bertz CT molecular complexity index is 1440. The monoisotopic (exact) mass is 502 g/mol. The van der Waals surface area contributed by atoms with Gasteiger partial charge in [-0.25, -0.2) is 9.38 Å². The largest absolute Gasteiger partial charge is 0.338 e. The lowest BCUT2D eigenvalue weighted by molar-refractivity contribution is 0.0673. The van der Waals surface area contributed by atoms with E-state index in [1.54, 1.807) is 12.1 Å². The number of amides is 1. The second kappa shape index (κ2) is 9.36. The number of carbonyl (C=O) groups is 1. The van der Waals surface area contributed by atoms with Crippen LogP contribution in [0.4, 0.5) is 5.95 Å². The molecule has 3 heterocycles. The number of fused-ring (bicyclic) bond motifs is 3. The minimum absolute atomic E-state index is 0.00250. The molecule has 186 valence electrons. The van der Waals surface area contributed by atoms with E-state index >= 15 is 0 Å². The van der Waals surface area contributed by atoms with Gasteiger partial charge in [-0.1, -0.05) is 54.6 Å². The minimum atomic E-state index is -0.0213. The van der Waals surface area contributed by atoms with Crippen LogP contribution in [-0.2, 0) is 0 Å². The first-order chi connectivity index (χ1) is 17.5. The van der Waals surface area contributed by atoms with E-state index in [1.807, 2.05) is 17.0 Å². The molecule has 4 aromatic rings. The number of hydrogen-bond donors (Lipinski definition) is 0. The van der Waals surface area contributed by atoms with Crippen LogP contribution >= 0.6 is 11.6 Å². The van der Waals surface area contributed by atoms with Gasteiger partial charge in [0.25, 0.3) is 5.91 Å². The molecule has 1 atom stereocenters. The third-order valence-electron chi connectivity index (χ3n) is 7.75. The summed E-state index contributed by atoms with van der Waals surface area (Å²) < 4.78 is 2.20. The normalized spacial score (nSPS) is 19.4. The number of aromatic nitrogens is 4. The summed E-state index contributed by atoms with van der Waals surface area (Å²) in [5.41, 5.74) is 3.54. The molecule has 36 heavy (non-hydrogen) atoms. The van der Waals surface area contributed by atoms with Crippen molar-refractivity contribution in [2.24, 2.45) is 0 Å². The van der Waals surface area contributed by atoms with Gasteiger partial charge >= 0.3 is 0 Å². The Morgan fingerprint density at radius 2 is 1.83 bits per heavy atom. The van der Waals surface area contributed by atoms with E-state index in [9.17, 15) is 4.79 Å². The summed E-state index contributed by atoms with van der Waals surface area (Å²) in [5.74, 6) is 2.28. The maximum Gasteiger partial charge on any atom is 0.255 e. The van der Waals surface area contributed by atoms with E-state index in [0.717, 1.165) is 41.2 Å². The van der Waals surface area contributed by atoms with Crippen molar-refractivity contribution in [3.05, 3.63) is 64.4 Å². The molecular weight excluding hydrogens is 472 g/mol. The van der Waals surface area contributed by atoms with E-state index in [4.69, 9.17) is 26.8 Å². The van der Waals surface area contributed by atoms with Gasteiger partial charge in [0.1, 0.15) is 5.82 Å². The van der Waals surface area contributed by atoms with Gasteiger partial charge in [0.2, 0.25) is 5.95 Å². The second-order valence-corrected chi connectivity index (χ2v) is 10.7. The Kier molecular flexibility index (Phi) is 6.04. The van der Waals surface area contributed by atoms with Crippen LogP contribution in [0.1, 0.15) is 66.7 Å². The summed E-state index contributed by atoms with van der Waals surface area (Å²) in [6.45, 7) is 6.15. The molecular formula is C28H31ClN6O. The van der Waals surface area contributed by atoms with Crippen LogP contribution in [0.25, 0.3) is 16.6 Å². The predicted molar refractivity (Wildman–Crippen MR) is 143 cm³/mol. The second-order valence-electron chi connectivity index (χ2n) is 10.3. The van der Waals surface area contributed by atoms with Crippen LogP contribution in [-0.4, -0.2) is 56.1 Å². The van der Waals surface area contributed by atoms with Gasteiger partial charge in [0.05, 0.1) is 16.1 Å². The highest BCUT2D eigenvalue weighted by molar-refractivity contribution is 6.33. The van der Waals surface area contributed by atoms with E-state index in [0.29, 0.717) is 36.1 Å². The molecule has 1 saturated heterocycles. The molecule has 1 amide bonds. The molecule has 2 aromatic heterocycles. The average molecular weight is 503 g/mol. The molecule has 0 unspecified atom stereocenters. The lowest BCUT2D eigenvalue weighted by atomic mass is 9.89. The number of benzene rings is 2. The highest BCUT2D eigenvalue weighted by atomic mass is 35.5. The van der Waals surface area contributed by atoms with Gasteiger partial charge in [-0.15, -0.1) is 10.2 Å². The summed E-state index contributed by atoms with van der Waals surface area (Å²) in [6, 6.07) is 13.6. The molecule has 0 N–H and O–H groups in total. The first-order valence-corrected chi connectivity index (χ1v) is 13.3. The van der Waals surface area contributed by atoms with Crippen molar-refractivity contribution in [2.45, 2.75) is 57.9 Å². The number of carbonyl (C=O) groups excluding carboxylic acids is 1. The smallest absolute Gasteiger partial charge is 0.255 e. The van der Waals surface area contributed by atoms with Crippen LogP contribution in [0, 0.1) is 6.92 Å². The van der Waals surface area contributed by atoms with E-state index in [2.05, 4.69) is 41.3 Å². The fraction of sp³-hybridized carbons (Fsp3) is 0.429. The van der Waals surface area contributed by atoms with Crippen molar-refractivity contribution >= 4 is 40.0 Å². The zero-order chi connectivity index (χ0) is 24.8. The number of piperazine rings is 1. The van der Waals surface area contributed by atoms with Gasteiger partial charge < -0.3 is 9.80 Å². The van der Waals surface area contributed by atoms with Crippen molar-refractivity contribution < 1.29 is 4.79 Å². The van der Waals surface area contributed by atoms with Gasteiger partial charge in [0.15, 0.2) is 5.65 Å². The quantitative estimate of drug-likeness (QED) is 0.363. The predicted octanol–water partition coefficient (Wildman–Crippen LogP) is 5.64. The third kappa shape index (κ3) is 3.99. The summed E-state index contributed by atoms with van der Waals surface area (Å²) in [4.78, 5) is 22.7. The van der Waals surface area contributed by atoms with Crippen LogP contribution < -0.4 is 4.90 Å². The number of rotatable bonds is 3. The maximum absolute atomic E-state index is 13.3. The Hall–Kier alpha value is -3.19. The zero-order valence-electron chi connectivity index (χ0n) is 20.8. The molecule has 0 spiro atoms. The van der Waals surface area contributed by atoms with Crippen LogP contribution in [0.5, 0.6) is 0 Å². The van der Waals surface area contributed by atoms with Crippen molar-refractivity contribution in [2.75, 3.05) is 24.5 Å². The molecule has 6 rings (SSSR count). The highest BCUT2D eigenvalue weighted by Crippen LogP contribution is 2.35. The number of anilines is 1. The van der Waals surface area contributed by atoms with Gasteiger partial charge in [-0.05, 0) is 51.0 Å². The van der Waals surface area contributed by atoms with E-state index < -0.39 is 0 Å². The molecule has 0 radical (unpaired) electrons. The van der Waals surface area contributed by atoms with Gasteiger partial charge in [-0.2, -0.15) is 0 Å². The summed E-state index contributed by atoms with van der Waals surface area (Å²) in [7, 11) is 0. The Morgan fingerprint density at radius 3 is 2.61 bits per heavy atom. The fourth-order valence-electron chi connectivity index (χ4n) is 5.82. The maximum atomic E-state index is 13.3. The van der Waals surface area contributed by atoms with Gasteiger partial charge in [0, 0.05) is 37.0 Å². The zero-order valence-corrected chi connectivity index (χ0v) is 21.6. The van der Waals surface area contributed by atoms with Crippen molar-refractivity contribution in [1.29, 1.82) is 0 Å².